The summed E-state index contributed by atoms with van der Waals surface area (Å²) in [5, 5.41) is 9.46. The van der Waals surface area contributed by atoms with Crippen molar-refractivity contribution >= 4 is 11.9 Å². The fourth-order valence-electron chi connectivity index (χ4n) is 0.897. The van der Waals surface area contributed by atoms with Crippen LogP contribution in [0.5, 0.6) is 0 Å². The summed E-state index contributed by atoms with van der Waals surface area (Å²) in [7, 11) is 0. The molecule has 0 bridgehead atoms. The van der Waals surface area contributed by atoms with Crippen molar-refractivity contribution < 1.29 is 28.9 Å². The molecule has 6 nitrogen and oxygen atoms in total. The Bertz CT molecular complexity index is 333. The van der Waals surface area contributed by atoms with E-state index >= 15 is 0 Å². The van der Waals surface area contributed by atoms with Gasteiger partial charge in [0.25, 0.3) is 0 Å². The highest BCUT2D eigenvalue weighted by Gasteiger charge is 2.19. The van der Waals surface area contributed by atoms with Crippen LogP contribution < -0.4 is 0 Å². The zero-order valence-corrected chi connectivity index (χ0v) is 10.6. The SMILES string of the molecule is C=C(COC(O)C(=C)C(=O)OCC)C(=O)OCC. The number of hydrogen-bond donors (Lipinski definition) is 1. The lowest BCUT2D eigenvalue weighted by molar-refractivity contribution is -0.145. The van der Waals surface area contributed by atoms with Gasteiger partial charge in [0.15, 0.2) is 6.29 Å². The normalized spacial score (nSPS) is 11.5. The van der Waals surface area contributed by atoms with E-state index in [0.717, 1.165) is 0 Å². The highest BCUT2D eigenvalue weighted by Crippen LogP contribution is 2.06. The van der Waals surface area contributed by atoms with Crippen LogP contribution in [-0.2, 0) is 23.8 Å². The van der Waals surface area contributed by atoms with E-state index in [1.165, 1.54) is 0 Å². The molecule has 0 amide bonds. The second kappa shape index (κ2) is 8.43. The van der Waals surface area contributed by atoms with Gasteiger partial charge in [0.1, 0.15) is 0 Å². The fourth-order valence-corrected chi connectivity index (χ4v) is 0.897. The molecule has 0 aliphatic rings. The molecule has 0 heterocycles. The monoisotopic (exact) mass is 258 g/mol. The lowest BCUT2D eigenvalue weighted by Crippen LogP contribution is -2.24. The zero-order valence-electron chi connectivity index (χ0n) is 10.6. The zero-order chi connectivity index (χ0) is 14.1. The summed E-state index contributed by atoms with van der Waals surface area (Å²) in [4.78, 5) is 22.4. The molecule has 0 saturated carbocycles. The molecule has 1 unspecified atom stereocenters. The maximum atomic E-state index is 11.2. The standard InChI is InChI=1S/C12H18O6/c1-5-16-10(13)8(3)7-18-12(15)9(4)11(14)17-6-2/h12,15H,3-7H2,1-2H3. The van der Waals surface area contributed by atoms with Crippen molar-refractivity contribution in [3.05, 3.63) is 24.3 Å². The van der Waals surface area contributed by atoms with E-state index < -0.39 is 18.2 Å². The van der Waals surface area contributed by atoms with Crippen molar-refractivity contribution in [3.63, 3.8) is 0 Å². The summed E-state index contributed by atoms with van der Waals surface area (Å²) in [6, 6.07) is 0. The Labute approximate surface area is 106 Å². The number of aliphatic hydroxyl groups is 1. The molecule has 1 atom stereocenters. The van der Waals surface area contributed by atoms with Gasteiger partial charge in [0, 0.05) is 0 Å². The number of hydrogen-bond acceptors (Lipinski definition) is 6. The second-order valence-corrected chi connectivity index (χ2v) is 3.23. The van der Waals surface area contributed by atoms with E-state index in [2.05, 4.69) is 22.6 Å². The van der Waals surface area contributed by atoms with Crippen LogP contribution in [0.25, 0.3) is 0 Å². The molecule has 1 N–H and O–H groups in total. The van der Waals surface area contributed by atoms with E-state index in [0.29, 0.717) is 0 Å². The number of ether oxygens (including phenoxy) is 3. The van der Waals surface area contributed by atoms with Crippen molar-refractivity contribution in [1.82, 2.24) is 0 Å². The average Bonchev–Trinajstić information content (AvgIpc) is 2.35. The third kappa shape index (κ3) is 5.60. The minimum Gasteiger partial charge on any atom is -0.463 e. The third-order valence-corrected chi connectivity index (χ3v) is 1.82. The van der Waals surface area contributed by atoms with Crippen molar-refractivity contribution in [1.29, 1.82) is 0 Å². The van der Waals surface area contributed by atoms with Crippen molar-refractivity contribution in [2.45, 2.75) is 20.1 Å². The van der Waals surface area contributed by atoms with Gasteiger partial charge in [-0.1, -0.05) is 13.2 Å². The molecule has 0 rings (SSSR count). The first-order chi connectivity index (χ1) is 8.43. The second-order valence-electron chi connectivity index (χ2n) is 3.23. The first kappa shape index (κ1) is 16.3. The molecular weight excluding hydrogens is 240 g/mol. The average molecular weight is 258 g/mol. The number of carbonyl (C=O) groups is 2. The lowest BCUT2D eigenvalue weighted by Gasteiger charge is -2.14. The maximum absolute atomic E-state index is 11.2. The summed E-state index contributed by atoms with van der Waals surface area (Å²) in [6.07, 6.45) is -1.55. The van der Waals surface area contributed by atoms with Gasteiger partial charge in [-0.25, -0.2) is 9.59 Å². The topological polar surface area (TPSA) is 82.1 Å². The Hall–Kier alpha value is -1.66. The molecule has 0 fully saturated rings. The van der Waals surface area contributed by atoms with Crippen LogP contribution in [0.2, 0.25) is 0 Å². The van der Waals surface area contributed by atoms with Gasteiger partial charge in [-0.2, -0.15) is 0 Å². The van der Waals surface area contributed by atoms with Gasteiger partial charge in [-0.15, -0.1) is 0 Å². The smallest absolute Gasteiger partial charge is 0.338 e. The Kier molecular flexibility index (Phi) is 7.66. The van der Waals surface area contributed by atoms with Gasteiger partial charge in [0.2, 0.25) is 0 Å². The van der Waals surface area contributed by atoms with Gasteiger partial charge >= 0.3 is 11.9 Å². The van der Waals surface area contributed by atoms with Crippen LogP contribution in [0, 0.1) is 0 Å². The van der Waals surface area contributed by atoms with Crippen molar-refractivity contribution in [3.8, 4) is 0 Å². The molecule has 0 aliphatic heterocycles. The molecule has 102 valence electrons. The summed E-state index contributed by atoms with van der Waals surface area (Å²) in [5.41, 5.74) is -0.207. The van der Waals surface area contributed by atoms with Crippen LogP contribution in [0.4, 0.5) is 0 Å². The molecular formula is C12H18O6. The Morgan fingerprint density at radius 3 is 2.11 bits per heavy atom. The quantitative estimate of drug-likeness (QED) is 0.389. The minimum absolute atomic E-state index is 0.0348. The van der Waals surface area contributed by atoms with Crippen LogP contribution in [0.3, 0.4) is 0 Å². The molecule has 18 heavy (non-hydrogen) atoms. The molecule has 0 spiro atoms. The van der Waals surface area contributed by atoms with Crippen LogP contribution >= 0.6 is 0 Å². The third-order valence-electron chi connectivity index (χ3n) is 1.82. The molecule has 0 saturated heterocycles. The highest BCUT2D eigenvalue weighted by molar-refractivity contribution is 5.89. The largest absolute Gasteiger partial charge is 0.463 e. The summed E-state index contributed by atoms with van der Waals surface area (Å²) in [6.45, 7) is 10.2. The number of carbonyl (C=O) groups excluding carboxylic acids is 2. The number of rotatable bonds is 8. The van der Waals surface area contributed by atoms with Crippen LogP contribution in [0.1, 0.15) is 13.8 Å². The summed E-state index contributed by atoms with van der Waals surface area (Å²) in [5.74, 6) is -1.38. The predicted octanol–water partition coefficient (Wildman–Crippen LogP) is 0.560. The van der Waals surface area contributed by atoms with Crippen molar-refractivity contribution in [2.24, 2.45) is 0 Å². The minimum atomic E-state index is -1.55. The van der Waals surface area contributed by atoms with Gasteiger partial charge < -0.3 is 19.3 Å². The summed E-state index contributed by atoms with van der Waals surface area (Å²) < 4.78 is 14.1. The van der Waals surface area contributed by atoms with E-state index in [1.807, 2.05) is 0 Å². The Morgan fingerprint density at radius 1 is 1.11 bits per heavy atom. The maximum Gasteiger partial charge on any atom is 0.338 e. The van der Waals surface area contributed by atoms with E-state index in [4.69, 9.17) is 4.74 Å². The van der Waals surface area contributed by atoms with Crippen LogP contribution in [-0.4, -0.2) is 43.2 Å². The lowest BCUT2D eigenvalue weighted by atomic mass is 10.3. The Morgan fingerprint density at radius 2 is 1.61 bits per heavy atom. The molecule has 0 aromatic heterocycles. The molecule has 0 aromatic carbocycles. The number of esters is 2. The number of aliphatic hydroxyl groups excluding tert-OH is 1. The van der Waals surface area contributed by atoms with E-state index in [9.17, 15) is 14.7 Å². The van der Waals surface area contributed by atoms with E-state index in [-0.39, 0.29) is 31.0 Å². The van der Waals surface area contributed by atoms with Gasteiger partial charge in [-0.3, -0.25) is 0 Å². The fraction of sp³-hybridized carbons (Fsp3) is 0.500. The predicted molar refractivity (Wildman–Crippen MR) is 63.5 cm³/mol. The molecule has 0 radical (unpaired) electrons. The first-order valence-electron chi connectivity index (χ1n) is 5.44. The molecule has 6 heteroatoms. The Balaban J connectivity index is 4.13. The highest BCUT2D eigenvalue weighted by atomic mass is 16.6. The van der Waals surface area contributed by atoms with Crippen molar-refractivity contribution in [2.75, 3.05) is 19.8 Å². The summed E-state index contributed by atoms with van der Waals surface area (Å²) >= 11 is 0. The van der Waals surface area contributed by atoms with Crippen LogP contribution in [0.15, 0.2) is 24.3 Å². The first-order valence-corrected chi connectivity index (χ1v) is 5.44. The van der Waals surface area contributed by atoms with Gasteiger partial charge in [0.05, 0.1) is 31.0 Å². The molecule has 0 aliphatic carbocycles. The molecule has 0 aromatic rings. The van der Waals surface area contributed by atoms with E-state index in [1.54, 1.807) is 13.8 Å². The van der Waals surface area contributed by atoms with Gasteiger partial charge in [-0.05, 0) is 13.8 Å².